The van der Waals surface area contributed by atoms with Crippen molar-refractivity contribution in [2.75, 3.05) is 0 Å². The molecule has 58 valence electrons. The fraction of sp³-hybridized carbons (Fsp3) is 0.333. The van der Waals surface area contributed by atoms with Crippen molar-refractivity contribution in [3.8, 4) is 0 Å². The molecule has 0 aromatic heterocycles. The number of rotatable bonds is 0. The Bertz CT molecular complexity index is 283. The minimum Gasteiger partial charge on any atom is -0.306 e. The van der Waals surface area contributed by atoms with E-state index in [4.69, 9.17) is 11.6 Å². The first-order chi connectivity index (χ1) is 5.29. The Hall–Kier alpha value is -0.530. The Morgan fingerprint density at radius 2 is 2.36 bits per heavy atom. The fourth-order valence-corrected chi connectivity index (χ4v) is 1.78. The van der Waals surface area contributed by atoms with Gasteiger partial charge in [-0.1, -0.05) is 23.7 Å². The maximum Gasteiger partial charge on any atom is 0.0454 e. The van der Waals surface area contributed by atoms with Gasteiger partial charge in [0.2, 0.25) is 0 Å². The molecule has 1 N–H and O–H groups in total. The van der Waals surface area contributed by atoms with Crippen LogP contribution in [0.4, 0.5) is 0 Å². The molecule has 0 saturated heterocycles. The summed E-state index contributed by atoms with van der Waals surface area (Å²) in [4.78, 5) is 0. The molecule has 1 aliphatic heterocycles. The summed E-state index contributed by atoms with van der Waals surface area (Å²) < 4.78 is 0. The standard InChI is InChI=1S/C9H10ClN/c1-6-7-3-2-4-9(10)8(7)5-11-6/h2-4,6,11H,5H2,1H3/t6-/m1/s1. The topological polar surface area (TPSA) is 12.0 Å². The van der Waals surface area contributed by atoms with Gasteiger partial charge in [-0.2, -0.15) is 0 Å². The van der Waals surface area contributed by atoms with E-state index in [1.54, 1.807) is 0 Å². The molecule has 11 heavy (non-hydrogen) atoms. The molecule has 2 heteroatoms. The maximum atomic E-state index is 5.99. The zero-order chi connectivity index (χ0) is 7.84. The first-order valence-corrected chi connectivity index (χ1v) is 4.17. The van der Waals surface area contributed by atoms with E-state index >= 15 is 0 Å². The highest BCUT2D eigenvalue weighted by Gasteiger charge is 2.18. The van der Waals surface area contributed by atoms with Crippen LogP contribution >= 0.6 is 11.6 Å². The summed E-state index contributed by atoms with van der Waals surface area (Å²) in [6.45, 7) is 3.07. The summed E-state index contributed by atoms with van der Waals surface area (Å²) in [5.41, 5.74) is 2.61. The minimum atomic E-state index is 0.462. The number of hydrogen-bond donors (Lipinski definition) is 1. The Morgan fingerprint density at radius 3 is 3.09 bits per heavy atom. The van der Waals surface area contributed by atoms with E-state index in [1.807, 2.05) is 12.1 Å². The highest BCUT2D eigenvalue weighted by molar-refractivity contribution is 6.31. The molecule has 1 aromatic carbocycles. The van der Waals surface area contributed by atoms with Crippen LogP contribution in [0.1, 0.15) is 24.1 Å². The highest BCUT2D eigenvalue weighted by atomic mass is 35.5. The van der Waals surface area contributed by atoms with E-state index in [9.17, 15) is 0 Å². The Labute approximate surface area is 71.4 Å². The minimum absolute atomic E-state index is 0.462. The van der Waals surface area contributed by atoms with Gasteiger partial charge in [0.25, 0.3) is 0 Å². The van der Waals surface area contributed by atoms with Crippen molar-refractivity contribution < 1.29 is 0 Å². The molecule has 0 amide bonds. The quantitative estimate of drug-likeness (QED) is 0.626. The normalized spacial score (nSPS) is 21.8. The van der Waals surface area contributed by atoms with E-state index in [-0.39, 0.29) is 0 Å². The van der Waals surface area contributed by atoms with Gasteiger partial charge in [-0.25, -0.2) is 0 Å². The molecule has 0 aliphatic carbocycles. The first-order valence-electron chi connectivity index (χ1n) is 3.79. The Balaban J connectivity index is 2.57. The fourth-order valence-electron chi connectivity index (χ4n) is 1.53. The summed E-state index contributed by atoms with van der Waals surface area (Å²) in [5, 5.41) is 4.23. The SMILES string of the molecule is C[C@H]1NCc2c(Cl)cccc21. The maximum absolute atomic E-state index is 5.99. The summed E-state index contributed by atoms with van der Waals surface area (Å²) in [5.74, 6) is 0. The second-order valence-corrected chi connectivity index (χ2v) is 3.32. The summed E-state index contributed by atoms with van der Waals surface area (Å²) in [6, 6.07) is 6.54. The van der Waals surface area contributed by atoms with Crippen LogP contribution in [0.15, 0.2) is 18.2 Å². The second-order valence-electron chi connectivity index (χ2n) is 2.91. The van der Waals surface area contributed by atoms with E-state index < -0.39 is 0 Å². The molecule has 0 bridgehead atoms. The summed E-state index contributed by atoms with van der Waals surface area (Å²) in [6.07, 6.45) is 0. The lowest BCUT2D eigenvalue weighted by Crippen LogP contribution is -2.06. The lowest BCUT2D eigenvalue weighted by Gasteiger charge is -2.03. The third kappa shape index (κ3) is 1.05. The van der Waals surface area contributed by atoms with Crippen molar-refractivity contribution in [3.63, 3.8) is 0 Å². The van der Waals surface area contributed by atoms with Crippen LogP contribution in [-0.4, -0.2) is 0 Å². The molecule has 1 atom stereocenters. The van der Waals surface area contributed by atoms with E-state index in [2.05, 4.69) is 18.3 Å². The zero-order valence-corrected chi connectivity index (χ0v) is 7.15. The average Bonchev–Trinajstić information content (AvgIpc) is 2.35. The third-order valence-corrected chi connectivity index (χ3v) is 2.56. The van der Waals surface area contributed by atoms with Gasteiger partial charge in [0.05, 0.1) is 0 Å². The molecule has 0 unspecified atom stereocenters. The van der Waals surface area contributed by atoms with Gasteiger partial charge in [-0.3, -0.25) is 0 Å². The lowest BCUT2D eigenvalue weighted by molar-refractivity contribution is 0.633. The Morgan fingerprint density at radius 1 is 1.55 bits per heavy atom. The first kappa shape index (κ1) is 7.14. The van der Waals surface area contributed by atoms with E-state index in [0.29, 0.717) is 6.04 Å². The summed E-state index contributed by atoms with van der Waals surface area (Å²) in [7, 11) is 0. The van der Waals surface area contributed by atoms with Crippen LogP contribution in [0.3, 0.4) is 0 Å². The molecule has 1 heterocycles. The van der Waals surface area contributed by atoms with Crippen molar-refractivity contribution in [3.05, 3.63) is 34.3 Å². The smallest absolute Gasteiger partial charge is 0.0454 e. The zero-order valence-electron chi connectivity index (χ0n) is 6.39. The van der Waals surface area contributed by atoms with Crippen LogP contribution in [-0.2, 0) is 6.54 Å². The van der Waals surface area contributed by atoms with Crippen molar-refractivity contribution >= 4 is 11.6 Å². The summed E-state index contributed by atoms with van der Waals surface area (Å²) >= 11 is 5.99. The van der Waals surface area contributed by atoms with Crippen molar-refractivity contribution in [1.82, 2.24) is 5.32 Å². The molecule has 1 aromatic rings. The molecular formula is C9H10ClN. The number of halogens is 1. The van der Waals surface area contributed by atoms with Gasteiger partial charge >= 0.3 is 0 Å². The Kier molecular flexibility index (Phi) is 1.63. The van der Waals surface area contributed by atoms with Gasteiger partial charge in [0, 0.05) is 17.6 Å². The van der Waals surface area contributed by atoms with Crippen LogP contribution in [0.2, 0.25) is 5.02 Å². The average molecular weight is 168 g/mol. The molecule has 0 saturated carbocycles. The van der Waals surface area contributed by atoms with E-state index in [1.165, 1.54) is 11.1 Å². The molecular weight excluding hydrogens is 158 g/mol. The number of fused-ring (bicyclic) bond motifs is 1. The monoisotopic (exact) mass is 167 g/mol. The molecule has 1 aliphatic rings. The number of nitrogens with one attached hydrogen (secondary N) is 1. The number of benzene rings is 1. The lowest BCUT2D eigenvalue weighted by atomic mass is 10.1. The van der Waals surface area contributed by atoms with Gasteiger partial charge in [0.1, 0.15) is 0 Å². The molecule has 0 spiro atoms. The molecule has 1 nitrogen and oxygen atoms in total. The predicted octanol–water partition coefficient (Wildman–Crippen LogP) is 2.50. The van der Waals surface area contributed by atoms with Crippen LogP contribution < -0.4 is 5.32 Å². The van der Waals surface area contributed by atoms with E-state index in [0.717, 1.165) is 11.6 Å². The largest absolute Gasteiger partial charge is 0.306 e. The molecule has 0 radical (unpaired) electrons. The molecule has 0 fully saturated rings. The number of hydrogen-bond acceptors (Lipinski definition) is 1. The van der Waals surface area contributed by atoms with Crippen LogP contribution in [0.5, 0.6) is 0 Å². The van der Waals surface area contributed by atoms with Gasteiger partial charge in [0.15, 0.2) is 0 Å². The third-order valence-electron chi connectivity index (χ3n) is 2.21. The predicted molar refractivity (Wildman–Crippen MR) is 46.7 cm³/mol. The van der Waals surface area contributed by atoms with Crippen LogP contribution in [0.25, 0.3) is 0 Å². The van der Waals surface area contributed by atoms with Crippen molar-refractivity contribution in [2.45, 2.75) is 19.5 Å². The van der Waals surface area contributed by atoms with Crippen LogP contribution in [0, 0.1) is 0 Å². The molecule has 2 rings (SSSR count). The van der Waals surface area contributed by atoms with Gasteiger partial charge < -0.3 is 5.32 Å². The van der Waals surface area contributed by atoms with Crippen molar-refractivity contribution in [1.29, 1.82) is 0 Å². The highest BCUT2D eigenvalue weighted by Crippen LogP contribution is 2.29. The van der Waals surface area contributed by atoms with Crippen molar-refractivity contribution in [2.24, 2.45) is 0 Å². The second kappa shape index (κ2) is 2.50. The van der Waals surface area contributed by atoms with Gasteiger partial charge in [-0.15, -0.1) is 0 Å². The van der Waals surface area contributed by atoms with Gasteiger partial charge in [-0.05, 0) is 24.1 Å².